The summed E-state index contributed by atoms with van der Waals surface area (Å²) in [5, 5.41) is 14.5. The van der Waals surface area contributed by atoms with Gasteiger partial charge in [0.1, 0.15) is 0 Å². The molecule has 0 radical (unpaired) electrons. The van der Waals surface area contributed by atoms with Crippen LogP contribution in [-0.4, -0.2) is 21.0 Å². The van der Waals surface area contributed by atoms with Crippen molar-refractivity contribution in [1.29, 1.82) is 0 Å². The van der Waals surface area contributed by atoms with E-state index in [0.717, 1.165) is 5.56 Å². The molecule has 0 saturated heterocycles. The molecule has 0 aliphatic carbocycles. The van der Waals surface area contributed by atoms with Crippen LogP contribution in [-0.2, 0) is 16.1 Å². The lowest BCUT2D eigenvalue weighted by atomic mass is 10.2. The first-order chi connectivity index (χ1) is 12.6. The molecule has 1 heterocycles. The molecule has 26 heavy (non-hydrogen) atoms. The molecule has 130 valence electrons. The molecule has 0 aliphatic rings. The number of benzene rings is 2. The molecule has 8 nitrogen and oxygen atoms in total. The molecule has 0 amide bonds. The van der Waals surface area contributed by atoms with E-state index >= 15 is 0 Å². The van der Waals surface area contributed by atoms with Gasteiger partial charge < -0.3 is 9.26 Å². The molecule has 0 aliphatic heterocycles. The highest BCUT2D eigenvalue weighted by atomic mass is 16.6. The maximum atomic E-state index is 11.8. The van der Waals surface area contributed by atoms with E-state index in [4.69, 9.17) is 9.26 Å². The zero-order chi connectivity index (χ0) is 18.4. The molecule has 3 aromatic rings. The van der Waals surface area contributed by atoms with Crippen LogP contribution >= 0.6 is 0 Å². The molecule has 0 bridgehead atoms. The predicted octanol–water partition coefficient (Wildman–Crippen LogP) is 3.40. The van der Waals surface area contributed by atoms with Crippen molar-refractivity contribution in [2.75, 3.05) is 0 Å². The van der Waals surface area contributed by atoms with Gasteiger partial charge in [0.25, 0.3) is 11.6 Å². The van der Waals surface area contributed by atoms with Crippen molar-refractivity contribution in [2.45, 2.75) is 6.61 Å². The number of non-ortho nitro benzene ring substituents is 1. The number of carbonyl (C=O) groups excluding carboxylic acids is 1. The lowest BCUT2D eigenvalue weighted by Gasteiger charge is -1.97. The van der Waals surface area contributed by atoms with Crippen molar-refractivity contribution >= 4 is 17.7 Å². The molecule has 3 rings (SSSR count). The molecular weight excluding hydrogens is 338 g/mol. The Hall–Kier alpha value is -3.81. The van der Waals surface area contributed by atoms with Crippen LogP contribution in [0.4, 0.5) is 5.69 Å². The lowest BCUT2D eigenvalue weighted by Crippen LogP contribution is -2.01. The van der Waals surface area contributed by atoms with Crippen molar-refractivity contribution < 1.29 is 19.0 Å². The molecule has 0 spiro atoms. The summed E-state index contributed by atoms with van der Waals surface area (Å²) in [7, 11) is 0. The van der Waals surface area contributed by atoms with Gasteiger partial charge >= 0.3 is 5.97 Å². The standard InChI is InChI=1S/C18H13N3O5/c22-17(10-9-13-5-4-8-15(11-13)21(23)24)25-12-16-19-18(20-26-16)14-6-2-1-3-7-14/h1-11H,12H2/b10-9+. The van der Waals surface area contributed by atoms with E-state index in [-0.39, 0.29) is 18.2 Å². The molecular formula is C18H13N3O5. The zero-order valence-electron chi connectivity index (χ0n) is 13.4. The van der Waals surface area contributed by atoms with E-state index in [1.807, 2.05) is 30.3 Å². The number of nitro groups is 1. The molecule has 0 fully saturated rings. The minimum atomic E-state index is -0.629. The highest BCUT2D eigenvalue weighted by Gasteiger charge is 2.10. The number of nitrogens with zero attached hydrogens (tertiary/aromatic N) is 3. The quantitative estimate of drug-likeness (QED) is 0.290. The largest absolute Gasteiger partial charge is 0.452 e. The van der Waals surface area contributed by atoms with Crippen LogP contribution in [0.3, 0.4) is 0 Å². The van der Waals surface area contributed by atoms with E-state index in [1.54, 1.807) is 6.07 Å². The van der Waals surface area contributed by atoms with Gasteiger partial charge in [-0.3, -0.25) is 10.1 Å². The monoisotopic (exact) mass is 351 g/mol. The summed E-state index contributed by atoms with van der Waals surface area (Å²) in [5.41, 5.74) is 1.25. The number of nitro benzene ring substituents is 1. The summed E-state index contributed by atoms with van der Waals surface area (Å²) >= 11 is 0. The summed E-state index contributed by atoms with van der Waals surface area (Å²) in [6.45, 7) is -0.169. The van der Waals surface area contributed by atoms with Crippen molar-refractivity contribution in [1.82, 2.24) is 10.1 Å². The number of ether oxygens (including phenoxy) is 1. The molecule has 0 unspecified atom stereocenters. The van der Waals surface area contributed by atoms with Crippen molar-refractivity contribution in [3.05, 3.63) is 82.2 Å². The zero-order valence-corrected chi connectivity index (χ0v) is 13.4. The van der Waals surface area contributed by atoms with Gasteiger partial charge in [0, 0.05) is 23.8 Å². The van der Waals surface area contributed by atoms with Crippen LogP contribution in [0, 0.1) is 10.1 Å². The van der Waals surface area contributed by atoms with E-state index in [9.17, 15) is 14.9 Å². The number of esters is 1. The number of carbonyl (C=O) groups is 1. The first-order valence-electron chi connectivity index (χ1n) is 7.59. The third-order valence-corrected chi connectivity index (χ3v) is 3.33. The van der Waals surface area contributed by atoms with Crippen LogP contribution in [0.2, 0.25) is 0 Å². The molecule has 0 atom stereocenters. The topological polar surface area (TPSA) is 108 Å². The highest BCUT2D eigenvalue weighted by Crippen LogP contribution is 2.16. The average molecular weight is 351 g/mol. The summed E-state index contributed by atoms with van der Waals surface area (Å²) in [6, 6.07) is 15.1. The Morgan fingerprint density at radius 3 is 2.77 bits per heavy atom. The minimum absolute atomic E-state index is 0.0557. The van der Waals surface area contributed by atoms with Gasteiger partial charge in [0.05, 0.1) is 4.92 Å². The summed E-state index contributed by atoms with van der Waals surface area (Å²) in [5.74, 6) is -0.0549. The summed E-state index contributed by atoms with van der Waals surface area (Å²) < 4.78 is 10.1. The molecule has 1 aromatic heterocycles. The Kier molecular flexibility index (Phi) is 5.14. The van der Waals surface area contributed by atoms with Crippen LogP contribution < -0.4 is 0 Å². The number of hydrogen-bond donors (Lipinski definition) is 0. The van der Waals surface area contributed by atoms with Crippen LogP contribution in [0.1, 0.15) is 11.5 Å². The van der Waals surface area contributed by atoms with Gasteiger partial charge in [0.15, 0.2) is 6.61 Å². The normalized spacial score (nSPS) is 10.8. The van der Waals surface area contributed by atoms with Crippen LogP contribution in [0.15, 0.2) is 65.2 Å². The predicted molar refractivity (Wildman–Crippen MR) is 91.7 cm³/mol. The fourth-order valence-corrected chi connectivity index (χ4v) is 2.11. The Bertz CT molecular complexity index is 950. The maximum absolute atomic E-state index is 11.8. The molecule has 0 saturated carbocycles. The Labute approximate surface area is 147 Å². The third kappa shape index (κ3) is 4.38. The van der Waals surface area contributed by atoms with Gasteiger partial charge in [-0.2, -0.15) is 4.98 Å². The first-order valence-corrected chi connectivity index (χ1v) is 7.59. The fourth-order valence-electron chi connectivity index (χ4n) is 2.11. The van der Waals surface area contributed by atoms with Gasteiger partial charge in [0.2, 0.25) is 5.82 Å². The third-order valence-electron chi connectivity index (χ3n) is 3.33. The number of rotatable bonds is 6. The van der Waals surface area contributed by atoms with Crippen LogP contribution in [0.5, 0.6) is 0 Å². The van der Waals surface area contributed by atoms with Crippen molar-refractivity contribution in [3.8, 4) is 11.4 Å². The van der Waals surface area contributed by atoms with E-state index in [2.05, 4.69) is 10.1 Å². The Morgan fingerprint density at radius 1 is 1.19 bits per heavy atom. The number of aromatic nitrogens is 2. The second-order valence-electron chi connectivity index (χ2n) is 5.17. The number of hydrogen-bond acceptors (Lipinski definition) is 7. The fraction of sp³-hybridized carbons (Fsp3) is 0.0556. The lowest BCUT2D eigenvalue weighted by molar-refractivity contribution is -0.384. The van der Waals surface area contributed by atoms with Crippen molar-refractivity contribution in [2.24, 2.45) is 0 Å². The second kappa shape index (κ2) is 7.84. The van der Waals surface area contributed by atoms with E-state index in [1.165, 1.54) is 30.4 Å². The van der Waals surface area contributed by atoms with Crippen molar-refractivity contribution in [3.63, 3.8) is 0 Å². The van der Waals surface area contributed by atoms with Gasteiger partial charge in [-0.25, -0.2) is 4.79 Å². The van der Waals surface area contributed by atoms with Gasteiger partial charge in [-0.05, 0) is 11.6 Å². The highest BCUT2D eigenvalue weighted by molar-refractivity contribution is 5.87. The van der Waals surface area contributed by atoms with E-state index in [0.29, 0.717) is 11.4 Å². The summed E-state index contributed by atoms with van der Waals surface area (Å²) in [6.07, 6.45) is 2.60. The molecule has 8 heteroatoms. The minimum Gasteiger partial charge on any atom is -0.452 e. The maximum Gasteiger partial charge on any atom is 0.331 e. The average Bonchev–Trinajstić information content (AvgIpc) is 3.15. The van der Waals surface area contributed by atoms with Crippen LogP contribution in [0.25, 0.3) is 17.5 Å². The second-order valence-corrected chi connectivity index (χ2v) is 5.17. The van der Waals surface area contributed by atoms with Gasteiger partial charge in [-0.15, -0.1) is 0 Å². The van der Waals surface area contributed by atoms with E-state index < -0.39 is 10.9 Å². The van der Waals surface area contributed by atoms with Gasteiger partial charge in [-0.1, -0.05) is 47.6 Å². The smallest absolute Gasteiger partial charge is 0.331 e. The Morgan fingerprint density at radius 2 is 2.00 bits per heavy atom. The first kappa shape index (κ1) is 17.0. The molecule has 0 N–H and O–H groups in total. The molecule has 2 aromatic carbocycles. The summed E-state index contributed by atoms with van der Waals surface area (Å²) in [4.78, 5) is 26.1. The Balaban J connectivity index is 1.57. The SMILES string of the molecule is O=C(/C=C/c1cccc([N+](=O)[O-])c1)OCc1nc(-c2ccccc2)no1.